The van der Waals surface area contributed by atoms with Gasteiger partial charge in [0.2, 0.25) is 5.91 Å². The molecule has 0 bridgehead atoms. The molecule has 1 heterocycles. The molecule has 31 heavy (non-hydrogen) atoms. The number of aryl methyl sites for hydroxylation is 1. The Kier molecular flexibility index (Phi) is 8.03. The molecule has 8 nitrogen and oxygen atoms in total. The van der Waals surface area contributed by atoms with Crippen molar-refractivity contribution in [2.45, 2.75) is 64.5 Å². The molecule has 0 spiro atoms. The molecular formula is C23H33N5O3. The highest BCUT2D eigenvalue weighted by Gasteiger charge is 2.25. The molecular weight excluding hydrogens is 394 g/mol. The highest BCUT2D eigenvalue weighted by Crippen LogP contribution is 2.28. The maximum Gasteiger partial charge on any atom is 0.273 e. The van der Waals surface area contributed by atoms with E-state index in [-0.39, 0.29) is 23.9 Å². The van der Waals surface area contributed by atoms with E-state index in [2.05, 4.69) is 20.9 Å². The van der Waals surface area contributed by atoms with Crippen LogP contribution in [0.5, 0.6) is 5.75 Å². The number of amides is 2. The molecule has 1 fully saturated rings. The van der Waals surface area contributed by atoms with E-state index in [0.29, 0.717) is 31.0 Å². The Morgan fingerprint density at radius 2 is 2.00 bits per heavy atom. The summed E-state index contributed by atoms with van der Waals surface area (Å²) in [7, 11) is 1.64. The van der Waals surface area contributed by atoms with Gasteiger partial charge in [0.05, 0.1) is 19.3 Å². The molecule has 0 radical (unpaired) electrons. The summed E-state index contributed by atoms with van der Waals surface area (Å²) in [6, 6.07) is 8.22. The number of rotatable bonds is 9. The summed E-state index contributed by atoms with van der Waals surface area (Å²) in [5.74, 6) is 1.10. The minimum absolute atomic E-state index is 0.0798. The van der Waals surface area contributed by atoms with Crippen LogP contribution in [0.3, 0.4) is 0 Å². The Bertz CT molecular complexity index is 872. The highest BCUT2D eigenvalue weighted by molar-refractivity contribution is 5.91. The second kappa shape index (κ2) is 10.9. The van der Waals surface area contributed by atoms with Gasteiger partial charge >= 0.3 is 0 Å². The zero-order valence-corrected chi connectivity index (χ0v) is 18.6. The number of hydrogen-bond acceptors (Lipinski definition) is 5. The quantitative estimate of drug-likeness (QED) is 0.641. The molecule has 2 amide bonds. The van der Waals surface area contributed by atoms with E-state index in [9.17, 15) is 9.59 Å². The Morgan fingerprint density at radius 3 is 2.71 bits per heavy atom. The van der Waals surface area contributed by atoms with E-state index >= 15 is 0 Å². The summed E-state index contributed by atoms with van der Waals surface area (Å²) in [6.07, 6.45) is 6.47. The standard InChI is InChI=1S/C23H33N5O3/c1-16(2)14-24-23(30)21-15-28(27-26-21)19-10-8-18(9-11-19)25-22(29)12-7-17-5-4-6-20(13-17)31-3/h4-6,13,15-16,18-19H,7-12,14H2,1-3H3,(H,24,30)(H,25,29). The van der Waals surface area contributed by atoms with Crippen LogP contribution in [0, 0.1) is 5.92 Å². The molecule has 1 aromatic carbocycles. The first-order valence-corrected chi connectivity index (χ1v) is 11.1. The first-order valence-electron chi connectivity index (χ1n) is 11.1. The Hall–Kier alpha value is -2.90. The minimum atomic E-state index is -0.183. The molecule has 1 saturated carbocycles. The highest BCUT2D eigenvalue weighted by atomic mass is 16.5. The predicted octanol–water partition coefficient (Wildman–Crippen LogP) is 2.91. The molecule has 1 aromatic heterocycles. The average molecular weight is 428 g/mol. The lowest BCUT2D eigenvalue weighted by Gasteiger charge is -2.29. The molecule has 0 aliphatic heterocycles. The largest absolute Gasteiger partial charge is 0.497 e. The summed E-state index contributed by atoms with van der Waals surface area (Å²) < 4.78 is 7.03. The number of nitrogens with one attached hydrogen (secondary N) is 2. The van der Waals surface area contributed by atoms with Crippen molar-refractivity contribution in [1.29, 1.82) is 0 Å². The topological polar surface area (TPSA) is 98.1 Å². The second-order valence-corrected chi connectivity index (χ2v) is 8.61. The monoisotopic (exact) mass is 427 g/mol. The summed E-state index contributed by atoms with van der Waals surface area (Å²) in [4.78, 5) is 24.5. The Labute approximate surface area is 183 Å². The van der Waals surface area contributed by atoms with Crippen molar-refractivity contribution < 1.29 is 14.3 Å². The van der Waals surface area contributed by atoms with Crippen LogP contribution in [0.1, 0.15) is 68.0 Å². The van der Waals surface area contributed by atoms with Crippen LogP contribution in [0.4, 0.5) is 0 Å². The van der Waals surface area contributed by atoms with Gasteiger partial charge in [-0.1, -0.05) is 31.2 Å². The van der Waals surface area contributed by atoms with Crippen LogP contribution >= 0.6 is 0 Å². The van der Waals surface area contributed by atoms with Crippen molar-refractivity contribution in [1.82, 2.24) is 25.6 Å². The van der Waals surface area contributed by atoms with Gasteiger partial charge in [0.15, 0.2) is 5.69 Å². The molecule has 0 saturated heterocycles. The van der Waals surface area contributed by atoms with Crippen LogP contribution in [0.2, 0.25) is 0 Å². The zero-order chi connectivity index (χ0) is 22.2. The number of ether oxygens (including phenoxy) is 1. The summed E-state index contributed by atoms with van der Waals surface area (Å²) in [5.41, 5.74) is 1.45. The Balaban J connectivity index is 1.41. The lowest BCUT2D eigenvalue weighted by Crippen LogP contribution is -2.38. The number of carbonyl (C=O) groups excluding carboxylic acids is 2. The van der Waals surface area contributed by atoms with Crippen molar-refractivity contribution in [3.05, 3.63) is 41.7 Å². The second-order valence-electron chi connectivity index (χ2n) is 8.61. The van der Waals surface area contributed by atoms with E-state index in [4.69, 9.17) is 4.74 Å². The van der Waals surface area contributed by atoms with Crippen molar-refractivity contribution in [2.24, 2.45) is 5.92 Å². The number of nitrogens with zero attached hydrogens (tertiary/aromatic N) is 3. The van der Waals surface area contributed by atoms with Gasteiger partial charge in [-0.2, -0.15) is 0 Å². The van der Waals surface area contributed by atoms with E-state index in [1.807, 2.05) is 38.1 Å². The number of aromatic nitrogens is 3. The number of methoxy groups -OCH3 is 1. The summed E-state index contributed by atoms with van der Waals surface area (Å²) in [6.45, 7) is 4.72. The predicted molar refractivity (Wildman–Crippen MR) is 118 cm³/mol. The number of benzene rings is 1. The third-order valence-corrected chi connectivity index (χ3v) is 5.62. The van der Waals surface area contributed by atoms with Crippen molar-refractivity contribution in [3.8, 4) is 5.75 Å². The lowest BCUT2D eigenvalue weighted by molar-refractivity contribution is -0.122. The SMILES string of the molecule is COc1cccc(CCC(=O)NC2CCC(n3cc(C(=O)NCC(C)C)nn3)CC2)c1. The molecule has 3 rings (SSSR count). The van der Waals surface area contributed by atoms with E-state index < -0.39 is 0 Å². The lowest BCUT2D eigenvalue weighted by atomic mass is 9.91. The number of hydrogen-bond donors (Lipinski definition) is 2. The maximum atomic E-state index is 12.4. The van der Waals surface area contributed by atoms with Gasteiger partial charge in [0, 0.05) is 19.0 Å². The average Bonchev–Trinajstić information content (AvgIpc) is 3.27. The van der Waals surface area contributed by atoms with Gasteiger partial charge in [0.25, 0.3) is 5.91 Å². The van der Waals surface area contributed by atoms with Gasteiger partial charge in [-0.25, -0.2) is 4.68 Å². The van der Waals surface area contributed by atoms with E-state index in [1.165, 1.54) is 0 Å². The molecule has 2 aromatic rings. The van der Waals surface area contributed by atoms with E-state index in [1.54, 1.807) is 18.0 Å². The van der Waals surface area contributed by atoms with Crippen molar-refractivity contribution in [2.75, 3.05) is 13.7 Å². The Morgan fingerprint density at radius 1 is 1.23 bits per heavy atom. The van der Waals surface area contributed by atoms with Crippen molar-refractivity contribution in [3.63, 3.8) is 0 Å². The third-order valence-electron chi connectivity index (χ3n) is 5.62. The van der Waals surface area contributed by atoms with Gasteiger partial charge in [-0.15, -0.1) is 5.10 Å². The first-order chi connectivity index (χ1) is 14.9. The smallest absolute Gasteiger partial charge is 0.273 e. The van der Waals surface area contributed by atoms with Crippen LogP contribution in [-0.4, -0.2) is 46.5 Å². The van der Waals surface area contributed by atoms with Gasteiger partial charge < -0.3 is 15.4 Å². The van der Waals surface area contributed by atoms with E-state index in [0.717, 1.165) is 37.0 Å². The zero-order valence-electron chi connectivity index (χ0n) is 18.6. The van der Waals surface area contributed by atoms with Crippen LogP contribution in [0.25, 0.3) is 0 Å². The fourth-order valence-electron chi connectivity index (χ4n) is 3.82. The van der Waals surface area contributed by atoms with Gasteiger partial charge in [0.1, 0.15) is 5.75 Å². The van der Waals surface area contributed by atoms with Crippen LogP contribution in [-0.2, 0) is 11.2 Å². The molecule has 2 N–H and O–H groups in total. The molecule has 8 heteroatoms. The molecule has 1 aliphatic carbocycles. The first kappa shape index (κ1) is 22.8. The molecule has 1 aliphatic rings. The third kappa shape index (κ3) is 6.80. The van der Waals surface area contributed by atoms with Crippen LogP contribution < -0.4 is 15.4 Å². The van der Waals surface area contributed by atoms with Gasteiger partial charge in [-0.3, -0.25) is 9.59 Å². The fourth-order valence-corrected chi connectivity index (χ4v) is 3.82. The summed E-state index contributed by atoms with van der Waals surface area (Å²) >= 11 is 0. The molecule has 0 atom stereocenters. The van der Waals surface area contributed by atoms with Gasteiger partial charge in [-0.05, 0) is 55.7 Å². The number of carbonyl (C=O) groups is 2. The normalized spacial score (nSPS) is 18.6. The minimum Gasteiger partial charge on any atom is -0.497 e. The fraction of sp³-hybridized carbons (Fsp3) is 0.565. The molecule has 168 valence electrons. The maximum absolute atomic E-state index is 12.4. The van der Waals surface area contributed by atoms with Crippen LogP contribution in [0.15, 0.2) is 30.5 Å². The van der Waals surface area contributed by atoms with Crippen molar-refractivity contribution >= 4 is 11.8 Å². The molecule has 0 unspecified atom stereocenters. The summed E-state index contributed by atoms with van der Waals surface area (Å²) in [5, 5.41) is 14.2.